The van der Waals surface area contributed by atoms with Crippen molar-refractivity contribution < 1.29 is 9.50 Å². The van der Waals surface area contributed by atoms with Gasteiger partial charge < -0.3 is 15.0 Å². The van der Waals surface area contributed by atoms with Crippen LogP contribution < -0.4 is 0 Å². The number of hydrogen-bond donors (Lipinski definition) is 2. The van der Waals surface area contributed by atoms with Crippen LogP contribution in [0.15, 0.2) is 72.9 Å². The van der Waals surface area contributed by atoms with Gasteiger partial charge in [0.2, 0.25) is 0 Å². The lowest BCUT2D eigenvalue weighted by Crippen LogP contribution is -2.47. The number of fused-ring (bicyclic) bond motifs is 3. The Hall–Kier alpha value is -3.21. The van der Waals surface area contributed by atoms with Crippen LogP contribution in [0.25, 0.3) is 22.0 Å². The number of H-pyrrole nitrogens is 1. The van der Waals surface area contributed by atoms with Crippen LogP contribution in [0, 0.1) is 5.92 Å². The van der Waals surface area contributed by atoms with E-state index in [-0.39, 0.29) is 13.3 Å². The third-order valence-electron chi connectivity index (χ3n) is 8.35. The molecule has 4 heteroatoms. The number of halogens is 1. The van der Waals surface area contributed by atoms with Gasteiger partial charge >= 0.3 is 0 Å². The maximum atomic E-state index is 12.5. The predicted octanol–water partition coefficient (Wildman–Crippen LogP) is 6.83. The minimum Gasteiger partial charge on any atom is -0.396 e. The fourth-order valence-corrected chi connectivity index (χ4v) is 6.50. The Labute approximate surface area is 225 Å². The van der Waals surface area contributed by atoms with Crippen molar-refractivity contribution in [3.8, 4) is 0 Å². The molecule has 1 aliphatic carbocycles. The maximum absolute atomic E-state index is 12.5. The number of aryl methyl sites for hydroxylation is 1. The molecular weight excluding hydrogens is 471 g/mol. The smallest absolute Gasteiger partial charge is 0.0906 e. The highest BCUT2D eigenvalue weighted by atomic mass is 19.1. The molecule has 38 heavy (non-hydrogen) atoms. The van der Waals surface area contributed by atoms with E-state index in [0.717, 1.165) is 45.3 Å². The van der Waals surface area contributed by atoms with Crippen molar-refractivity contribution in [3.63, 3.8) is 0 Å². The van der Waals surface area contributed by atoms with Crippen molar-refractivity contribution in [1.29, 1.82) is 0 Å². The number of rotatable bonds is 9. The molecule has 0 saturated carbocycles. The van der Waals surface area contributed by atoms with Gasteiger partial charge in [0, 0.05) is 43.3 Å². The Morgan fingerprint density at radius 2 is 1.79 bits per heavy atom. The van der Waals surface area contributed by atoms with Gasteiger partial charge in [0.25, 0.3) is 0 Å². The van der Waals surface area contributed by atoms with Crippen LogP contribution in [-0.4, -0.2) is 47.9 Å². The number of nitrogens with one attached hydrogen (secondary N) is 1. The lowest BCUT2D eigenvalue weighted by molar-refractivity contribution is 0.0968. The number of aliphatic hydroxyl groups excluding tert-OH is 1. The lowest BCUT2D eigenvalue weighted by atomic mass is 9.85. The number of nitrogens with zero attached hydrogens (tertiary/aromatic N) is 1. The van der Waals surface area contributed by atoms with Gasteiger partial charge in [0.15, 0.2) is 0 Å². The van der Waals surface area contributed by atoms with Crippen LogP contribution in [0.2, 0.25) is 0 Å². The molecule has 4 aromatic rings. The molecule has 1 fully saturated rings. The molecule has 3 aromatic carbocycles. The van der Waals surface area contributed by atoms with Crippen LogP contribution in [0.1, 0.15) is 52.6 Å². The third-order valence-corrected chi connectivity index (χ3v) is 8.35. The highest BCUT2D eigenvalue weighted by Crippen LogP contribution is 2.42. The number of alkyl halides is 1. The van der Waals surface area contributed by atoms with Gasteiger partial charge in [-0.05, 0) is 101 Å². The second-order valence-corrected chi connectivity index (χ2v) is 11.0. The molecule has 6 rings (SSSR count). The molecule has 0 radical (unpaired) electrons. The first-order valence-corrected chi connectivity index (χ1v) is 14.1. The first kappa shape index (κ1) is 25.1. The van der Waals surface area contributed by atoms with E-state index < -0.39 is 0 Å². The number of aromatic nitrogens is 1. The second-order valence-electron chi connectivity index (χ2n) is 11.0. The molecule has 2 heterocycles. The quantitative estimate of drug-likeness (QED) is 0.260. The van der Waals surface area contributed by atoms with Crippen LogP contribution in [0.3, 0.4) is 0 Å². The van der Waals surface area contributed by atoms with Crippen molar-refractivity contribution in [3.05, 3.63) is 106 Å². The number of aromatic amines is 1. The number of hydrogen-bond acceptors (Lipinski definition) is 2. The van der Waals surface area contributed by atoms with Crippen LogP contribution >= 0.6 is 0 Å². The summed E-state index contributed by atoms with van der Waals surface area (Å²) in [6, 6.07) is 24.7. The average molecular weight is 509 g/mol. The molecule has 0 bridgehead atoms. The van der Waals surface area contributed by atoms with Crippen molar-refractivity contribution in [2.24, 2.45) is 5.92 Å². The van der Waals surface area contributed by atoms with E-state index in [9.17, 15) is 9.50 Å². The van der Waals surface area contributed by atoms with Gasteiger partial charge in [-0.2, -0.15) is 0 Å². The molecule has 2 aliphatic rings. The molecule has 1 saturated heterocycles. The van der Waals surface area contributed by atoms with E-state index in [2.05, 4.69) is 76.6 Å². The zero-order valence-electron chi connectivity index (χ0n) is 22.1. The Morgan fingerprint density at radius 1 is 0.921 bits per heavy atom. The monoisotopic (exact) mass is 508 g/mol. The van der Waals surface area contributed by atoms with Gasteiger partial charge in [0.1, 0.15) is 0 Å². The summed E-state index contributed by atoms with van der Waals surface area (Å²) in [5.41, 5.74) is 11.8. The largest absolute Gasteiger partial charge is 0.396 e. The number of likely N-dealkylation sites (tertiary alicyclic amines) is 1. The zero-order valence-corrected chi connectivity index (χ0v) is 22.1. The number of benzene rings is 3. The summed E-state index contributed by atoms with van der Waals surface area (Å²) in [7, 11) is 0. The summed E-state index contributed by atoms with van der Waals surface area (Å²) in [5, 5.41) is 10.9. The molecule has 0 unspecified atom stereocenters. The Kier molecular flexibility index (Phi) is 7.44. The predicted molar refractivity (Wildman–Crippen MR) is 155 cm³/mol. The van der Waals surface area contributed by atoms with E-state index in [1.165, 1.54) is 55.4 Å². The van der Waals surface area contributed by atoms with E-state index >= 15 is 0 Å². The minimum absolute atomic E-state index is 0.166. The minimum atomic E-state index is -0.217. The SMILES string of the molecule is OCCc1cccc(C2=C(c3ccc(CC4CN(CCCF)C4)cc3)c3ccc4[nH]ccc4c3CCC2)c1. The first-order valence-electron chi connectivity index (χ1n) is 14.1. The van der Waals surface area contributed by atoms with Crippen molar-refractivity contribution in [1.82, 2.24) is 9.88 Å². The standard InChI is InChI=1S/C34H37FN2O/c35-16-3-18-37-22-26(23-37)20-25-8-10-27(11-9-25)34-29(28-5-1-4-24(21-28)15-19-38)6-2-7-30-31-14-17-36-33(31)13-12-32(30)34/h1,4-5,8-14,17,21,26,36,38H,2-3,6-7,15-16,18-20,22-23H2. The number of aliphatic hydroxyl groups is 1. The second kappa shape index (κ2) is 11.3. The number of allylic oxidation sites excluding steroid dienone is 1. The molecule has 0 atom stereocenters. The van der Waals surface area contributed by atoms with E-state index in [1.807, 2.05) is 6.20 Å². The summed E-state index contributed by atoms with van der Waals surface area (Å²) in [5.74, 6) is 0.671. The first-order chi connectivity index (χ1) is 18.7. The molecule has 0 spiro atoms. The van der Waals surface area contributed by atoms with Gasteiger partial charge in [-0.1, -0.05) is 54.6 Å². The fraction of sp³-hybridized carbons (Fsp3) is 0.353. The van der Waals surface area contributed by atoms with Crippen LogP contribution in [0.4, 0.5) is 4.39 Å². The molecule has 0 amide bonds. The highest BCUT2D eigenvalue weighted by molar-refractivity contribution is 6.02. The van der Waals surface area contributed by atoms with E-state index in [0.29, 0.717) is 18.8 Å². The molecule has 2 N–H and O–H groups in total. The van der Waals surface area contributed by atoms with E-state index in [4.69, 9.17) is 0 Å². The Balaban J connectivity index is 1.37. The van der Waals surface area contributed by atoms with E-state index in [1.54, 1.807) is 0 Å². The summed E-state index contributed by atoms with van der Waals surface area (Å²) in [4.78, 5) is 5.76. The molecule has 1 aromatic heterocycles. The molecule has 1 aliphatic heterocycles. The van der Waals surface area contributed by atoms with Gasteiger partial charge in [-0.25, -0.2) is 0 Å². The highest BCUT2D eigenvalue weighted by Gasteiger charge is 2.26. The lowest BCUT2D eigenvalue weighted by Gasteiger charge is -2.39. The molecule has 196 valence electrons. The fourth-order valence-electron chi connectivity index (χ4n) is 6.50. The zero-order chi connectivity index (χ0) is 25.9. The van der Waals surface area contributed by atoms with Crippen molar-refractivity contribution in [2.75, 3.05) is 32.9 Å². The molecule has 3 nitrogen and oxygen atoms in total. The summed E-state index contributed by atoms with van der Waals surface area (Å²) >= 11 is 0. The maximum Gasteiger partial charge on any atom is 0.0906 e. The van der Waals surface area contributed by atoms with Gasteiger partial charge in [-0.3, -0.25) is 4.39 Å². The summed E-state index contributed by atoms with van der Waals surface area (Å²) in [6.07, 6.45) is 7.66. The van der Waals surface area contributed by atoms with Crippen molar-refractivity contribution in [2.45, 2.75) is 38.5 Å². The topological polar surface area (TPSA) is 39.3 Å². The van der Waals surface area contributed by atoms with Gasteiger partial charge in [-0.15, -0.1) is 0 Å². The average Bonchev–Trinajstić information content (AvgIpc) is 3.32. The summed E-state index contributed by atoms with van der Waals surface area (Å²) < 4.78 is 12.5. The Bertz CT molecular complexity index is 1430. The van der Waals surface area contributed by atoms with Crippen LogP contribution in [0.5, 0.6) is 0 Å². The molecular formula is C34H37FN2O. The summed E-state index contributed by atoms with van der Waals surface area (Å²) in [6.45, 7) is 3.00. The Morgan fingerprint density at radius 3 is 2.61 bits per heavy atom. The van der Waals surface area contributed by atoms with Crippen molar-refractivity contribution >= 4 is 22.0 Å². The third kappa shape index (κ3) is 5.08. The normalized spacial score (nSPS) is 16.5. The van der Waals surface area contributed by atoms with Gasteiger partial charge in [0.05, 0.1) is 6.67 Å². The van der Waals surface area contributed by atoms with Crippen LogP contribution in [-0.2, 0) is 19.3 Å².